The number of benzene rings is 2. The van der Waals surface area contributed by atoms with Gasteiger partial charge in [0.15, 0.2) is 0 Å². The van der Waals surface area contributed by atoms with Crippen molar-refractivity contribution < 1.29 is 14.8 Å². The van der Waals surface area contributed by atoms with Crippen molar-refractivity contribution in [2.45, 2.75) is 51.5 Å². The van der Waals surface area contributed by atoms with E-state index in [9.17, 15) is 9.59 Å². The van der Waals surface area contributed by atoms with Crippen LogP contribution in [-0.2, 0) is 11.2 Å². The monoisotopic (exact) mass is 431 g/mol. The molecule has 6 nitrogen and oxygen atoms in total. The largest absolute Gasteiger partial charge is 0.349 e. The lowest BCUT2D eigenvalue weighted by atomic mass is 9.97. The Morgan fingerprint density at radius 3 is 2.56 bits per heavy atom. The summed E-state index contributed by atoms with van der Waals surface area (Å²) in [4.78, 5) is 29.3. The first-order valence-electron chi connectivity index (χ1n) is 11.2. The summed E-state index contributed by atoms with van der Waals surface area (Å²) in [6, 6.07) is 17.7. The van der Waals surface area contributed by atoms with Crippen LogP contribution in [0.15, 0.2) is 54.6 Å². The predicted molar refractivity (Wildman–Crippen MR) is 124 cm³/mol. The number of hydrogen-bond donors (Lipinski definition) is 3. The molecule has 166 valence electrons. The number of para-hydroxylation sites is 1. The number of aromatic nitrogens is 1. The summed E-state index contributed by atoms with van der Waals surface area (Å²) >= 11 is 0. The van der Waals surface area contributed by atoms with Crippen LogP contribution in [0.4, 0.5) is 0 Å². The van der Waals surface area contributed by atoms with E-state index < -0.39 is 11.8 Å². The molecule has 32 heavy (non-hydrogen) atoms. The second-order valence-corrected chi connectivity index (χ2v) is 8.85. The molecule has 0 saturated heterocycles. The molecule has 0 spiro atoms. The first-order chi connectivity index (χ1) is 15.5. The standard InChI is InChI=1S/C26H29N3O3/c1-16(2)24-15-19(20-6-3-4-8-22(20)27-24)14-17-10-12-18(13-11-17)25(30)28-23-9-5-7-21(23)26(31)29-32/h3-4,6,8,10-13,15-16,21,23,32H,5,7,9,14H2,1-2H3,(H,28,30)(H,29,31). The third-order valence-electron chi connectivity index (χ3n) is 6.30. The molecular formula is C26H29N3O3. The number of rotatable bonds is 6. The number of amides is 2. The van der Waals surface area contributed by atoms with Gasteiger partial charge in [0.25, 0.3) is 5.91 Å². The summed E-state index contributed by atoms with van der Waals surface area (Å²) in [6.45, 7) is 4.29. The van der Waals surface area contributed by atoms with Gasteiger partial charge in [0.2, 0.25) is 5.91 Å². The Bertz CT molecular complexity index is 1120. The Morgan fingerprint density at radius 1 is 1.09 bits per heavy atom. The lowest BCUT2D eigenvalue weighted by molar-refractivity contribution is -0.133. The molecule has 0 bridgehead atoms. The molecule has 0 aliphatic heterocycles. The Morgan fingerprint density at radius 2 is 1.84 bits per heavy atom. The van der Waals surface area contributed by atoms with E-state index in [1.807, 2.05) is 42.5 Å². The topological polar surface area (TPSA) is 91.3 Å². The average molecular weight is 432 g/mol. The van der Waals surface area contributed by atoms with Crippen molar-refractivity contribution in [3.8, 4) is 0 Å². The van der Waals surface area contributed by atoms with E-state index in [1.165, 1.54) is 5.56 Å². The van der Waals surface area contributed by atoms with E-state index in [0.29, 0.717) is 17.9 Å². The molecular weight excluding hydrogens is 402 g/mol. The minimum atomic E-state index is -0.437. The highest BCUT2D eigenvalue weighted by molar-refractivity contribution is 5.95. The van der Waals surface area contributed by atoms with Crippen LogP contribution in [0.2, 0.25) is 0 Å². The number of nitrogens with zero attached hydrogens (tertiary/aromatic N) is 1. The second kappa shape index (κ2) is 9.49. The van der Waals surface area contributed by atoms with Gasteiger partial charge in [0.1, 0.15) is 0 Å². The Labute approximate surface area is 188 Å². The summed E-state index contributed by atoms with van der Waals surface area (Å²) in [6.07, 6.45) is 3.00. The lowest BCUT2D eigenvalue weighted by Gasteiger charge is -2.19. The maximum absolute atomic E-state index is 12.7. The molecule has 1 aliphatic carbocycles. The Balaban J connectivity index is 1.50. The van der Waals surface area contributed by atoms with Crippen molar-refractivity contribution in [2.24, 2.45) is 5.92 Å². The van der Waals surface area contributed by atoms with Crippen LogP contribution >= 0.6 is 0 Å². The van der Waals surface area contributed by atoms with E-state index in [0.717, 1.165) is 41.4 Å². The van der Waals surface area contributed by atoms with E-state index in [-0.39, 0.29) is 11.9 Å². The van der Waals surface area contributed by atoms with E-state index in [1.54, 1.807) is 5.48 Å². The Kier molecular flexibility index (Phi) is 6.51. The van der Waals surface area contributed by atoms with Crippen molar-refractivity contribution in [1.82, 2.24) is 15.8 Å². The van der Waals surface area contributed by atoms with Gasteiger partial charge >= 0.3 is 0 Å². The van der Waals surface area contributed by atoms with E-state index in [4.69, 9.17) is 10.2 Å². The Hall–Kier alpha value is -3.25. The summed E-state index contributed by atoms with van der Waals surface area (Å²) < 4.78 is 0. The molecule has 2 aromatic carbocycles. The molecule has 3 aromatic rings. The zero-order chi connectivity index (χ0) is 22.7. The number of nitrogens with one attached hydrogen (secondary N) is 2. The smallest absolute Gasteiger partial charge is 0.251 e. The van der Waals surface area contributed by atoms with Crippen LogP contribution in [0, 0.1) is 5.92 Å². The molecule has 3 N–H and O–H groups in total. The molecule has 1 heterocycles. The number of hydrogen-bond acceptors (Lipinski definition) is 4. The van der Waals surface area contributed by atoms with E-state index >= 15 is 0 Å². The SMILES string of the molecule is CC(C)c1cc(Cc2ccc(C(=O)NC3CCCC3C(=O)NO)cc2)c2ccccc2n1. The maximum atomic E-state index is 12.7. The normalized spacial score (nSPS) is 18.1. The summed E-state index contributed by atoms with van der Waals surface area (Å²) in [5.74, 6) is -0.681. The lowest BCUT2D eigenvalue weighted by Crippen LogP contribution is -2.43. The van der Waals surface area contributed by atoms with Gasteiger partial charge in [-0.1, -0.05) is 50.6 Å². The highest BCUT2D eigenvalue weighted by atomic mass is 16.5. The second-order valence-electron chi connectivity index (χ2n) is 8.85. The predicted octanol–water partition coefficient (Wildman–Crippen LogP) is 4.35. The maximum Gasteiger partial charge on any atom is 0.251 e. The van der Waals surface area contributed by atoms with Gasteiger partial charge in [-0.05, 0) is 60.6 Å². The van der Waals surface area contributed by atoms with Gasteiger partial charge in [0, 0.05) is 22.7 Å². The zero-order valence-electron chi connectivity index (χ0n) is 18.5. The van der Waals surface area contributed by atoms with Crippen molar-refractivity contribution in [3.05, 3.63) is 77.0 Å². The number of carbonyl (C=O) groups excluding carboxylic acids is 2. The van der Waals surface area contributed by atoms with Crippen LogP contribution in [0.25, 0.3) is 10.9 Å². The molecule has 1 aromatic heterocycles. The molecule has 2 amide bonds. The van der Waals surface area contributed by atoms with Gasteiger partial charge in [-0.2, -0.15) is 0 Å². The summed E-state index contributed by atoms with van der Waals surface area (Å²) in [5.41, 5.74) is 6.69. The fraction of sp³-hybridized carbons (Fsp3) is 0.346. The quantitative estimate of drug-likeness (QED) is 0.400. The molecule has 1 aliphatic rings. The third kappa shape index (κ3) is 4.65. The first-order valence-corrected chi connectivity index (χ1v) is 11.2. The van der Waals surface area contributed by atoms with Gasteiger partial charge in [-0.15, -0.1) is 0 Å². The number of fused-ring (bicyclic) bond motifs is 1. The number of pyridine rings is 1. The molecule has 0 radical (unpaired) electrons. The molecule has 1 fully saturated rings. The van der Waals surface area contributed by atoms with E-state index in [2.05, 4.69) is 31.3 Å². The van der Waals surface area contributed by atoms with Gasteiger partial charge in [-0.3, -0.25) is 19.8 Å². The molecule has 2 atom stereocenters. The van der Waals surface area contributed by atoms with Gasteiger partial charge in [0.05, 0.1) is 11.4 Å². The highest BCUT2D eigenvalue weighted by Gasteiger charge is 2.34. The molecule has 2 unspecified atom stereocenters. The van der Waals surface area contributed by atoms with Crippen LogP contribution in [0.3, 0.4) is 0 Å². The van der Waals surface area contributed by atoms with Crippen molar-refractivity contribution >= 4 is 22.7 Å². The minimum Gasteiger partial charge on any atom is -0.349 e. The molecule has 6 heteroatoms. The van der Waals surface area contributed by atoms with Crippen molar-refractivity contribution in [1.29, 1.82) is 0 Å². The van der Waals surface area contributed by atoms with Gasteiger partial charge in [-0.25, -0.2) is 5.48 Å². The zero-order valence-corrected chi connectivity index (χ0v) is 18.5. The fourth-order valence-corrected chi connectivity index (χ4v) is 4.49. The first kappa shape index (κ1) is 22.0. The number of hydroxylamine groups is 1. The van der Waals surface area contributed by atoms with Crippen LogP contribution in [-0.4, -0.2) is 28.0 Å². The summed E-state index contributed by atoms with van der Waals surface area (Å²) in [5, 5.41) is 13.0. The third-order valence-corrected chi connectivity index (χ3v) is 6.30. The minimum absolute atomic E-state index is 0.198. The average Bonchev–Trinajstić information content (AvgIpc) is 3.27. The summed E-state index contributed by atoms with van der Waals surface area (Å²) in [7, 11) is 0. The highest BCUT2D eigenvalue weighted by Crippen LogP contribution is 2.27. The van der Waals surface area contributed by atoms with Crippen molar-refractivity contribution in [2.75, 3.05) is 0 Å². The van der Waals surface area contributed by atoms with Crippen LogP contribution in [0.5, 0.6) is 0 Å². The number of carbonyl (C=O) groups is 2. The van der Waals surface area contributed by atoms with Crippen LogP contribution < -0.4 is 10.8 Å². The van der Waals surface area contributed by atoms with Gasteiger partial charge < -0.3 is 5.32 Å². The van der Waals surface area contributed by atoms with Crippen LogP contribution in [0.1, 0.15) is 66.2 Å². The molecule has 1 saturated carbocycles. The fourth-order valence-electron chi connectivity index (χ4n) is 4.49. The van der Waals surface area contributed by atoms with Crippen molar-refractivity contribution in [3.63, 3.8) is 0 Å². The molecule has 4 rings (SSSR count).